The molecular weight excluding hydrogens is 338 g/mol. The Kier molecular flexibility index (Phi) is 7.98. The van der Waals surface area contributed by atoms with Crippen LogP contribution in [-0.2, 0) is 14.3 Å². The fourth-order valence-corrected chi connectivity index (χ4v) is 2.93. The van der Waals surface area contributed by atoms with Crippen LogP contribution in [0.3, 0.4) is 0 Å². The van der Waals surface area contributed by atoms with Gasteiger partial charge >= 0.3 is 0 Å². The zero-order valence-electron chi connectivity index (χ0n) is 13.4. The van der Waals surface area contributed by atoms with Crippen molar-refractivity contribution in [2.24, 2.45) is 11.7 Å². The largest absolute Gasteiger partial charge is 0.370 e. The predicted octanol–water partition coefficient (Wildman–Crippen LogP) is 1.17. The van der Waals surface area contributed by atoms with Crippen LogP contribution < -0.4 is 11.1 Å². The molecule has 6 nitrogen and oxygen atoms in total. The number of nitrogens with one attached hydrogen (secondary N) is 1. The Morgan fingerprint density at radius 2 is 2.26 bits per heavy atom. The van der Waals surface area contributed by atoms with Crippen LogP contribution in [0.15, 0.2) is 16.8 Å². The molecule has 0 spiro atoms. The third kappa shape index (κ3) is 5.46. The summed E-state index contributed by atoms with van der Waals surface area (Å²) in [4.78, 5) is 25.7. The number of thiophene rings is 1. The first-order valence-electron chi connectivity index (χ1n) is 7.43. The van der Waals surface area contributed by atoms with Gasteiger partial charge < -0.3 is 20.7 Å². The van der Waals surface area contributed by atoms with Crippen LogP contribution in [0.2, 0.25) is 0 Å². The van der Waals surface area contributed by atoms with Gasteiger partial charge in [0.15, 0.2) is 0 Å². The van der Waals surface area contributed by atoms with E-state index >= 15 is 0 Å². The molecule has 1 aliphatic heterocycles. The summed E-state index contributed by atoms with van der Waals surface area (Å²) in [5, 5.41) is 6.64. The van der Waals surface area contributed by atoms with Crippen molar-refractivity contribution in [2.45, 2.75) is 26.0 Å². The monoisotopic (exact) mass is 361 g/mol. The van der Waals surface area contributed by atoms with Gasteiger partial charge in [-0.3, -0.25) is 9.59 Å². The van der Waals surface area contributed by atoms with Crippen molar-refractivity contribution in [3.8, 4) is 0 Å². The SMILES string of the molecule is CC(C)[C@H](N)C(=O)NCC(=O)N1CCOC(c2ccsc2)C1.Cl. The van der Waals surface area contributed by atoms with E-state index in [1.807, 2.05) is 30.7 Å². The van der Waals surface area contributed by atoms with Gasteiger partial charge in [0, 0.05) is 6.54 Å². The molecule has 130 valence electrons. The summed E-state index contributed by atoms with van der Waals surface area (Å²) in [5.74, 6) is -0.347. The van der Waals surface area contributed by atoms with E-state index in [1.54, 1.807) is 16.2 Å². The molecule has 0 aliphatic carbocycles. The van der Waals surface area contributed by atoms with Gasteiger partial charge in [-0.05, 0) is 28.3 Å². The second-order valence-electron chi connectivity index (χ2n) is 5.74. The van der Waals surface area contributed by atoms with Gasteiger partial charge in [-0.1, -0.05) is 13.8 Å². The minimum Gasteiger partial charge on any atom is -0.370 e. The smallest absolute Gasteiger partial charge is 0.242 e. The van der Waals surface area contributed by atoms with Crippen LogP contribution in [0.1, 0.15) is 25.5 Å². The van der Waals surface area contributed by atoms with Gasteiger partial charge in [0.2, 0.25) is 11.8 Å². The molecule has 23 heavy (non-hydrogen) atoms. The minimum absolute atomic E-state index is 0. The number of nitrogens with two attached hydrogens (primary N) is 1. The maximum atomic E-state index is 12.2. The Morgan fingerprint density at radius 1 is 1.52 bits per heavy atom. The minimum atomic E-state index is -0.587. The van der Waals surface area contributed by atoms with Gasteiger partial charge in [-0.15, -0.1) is 12.4 Å². The van der Waals surface area contributed by atoms with Gasteiger partial charge in [-0.2, -0.15) is 11.3 Å². The highest BCUT2D eigenvalue weighted by Gasteiger charge is 2.26. The molecule has 2 atom stereocenters. The number of hydrogen-bond acceptors (Lipinski definition) is 5. The molecule has 3 N–H and O–H groups in total. The first-order chi connectivity index (χ1) is 10.5. The Labute approximate surface area is 146 Å². The Morgan fingerprint density at radius 3 is 2.87 bits per heavy atom. The van der Waals surface area contributed by atoms with Crippen molar-refractivity contribution in [3.63, 3.8) is 0 Å². The van der Waals surface area contributed by atoms with E-state index in [-0.39, 0.29) is 42.8 Å². The average molecular weight is 362 g/mol. The average Bonchev–Trinajstić information content (AvgIpc) is 3.06. The van der Waals surface area contributed by atoms with Crippen LogP contribution in [0.25, 0.3) is 0 Å². The summed E-state index contributed by atoms with van der Waals surface area (Å²) >= 11 is 1.61. The zero-order chi connectivity index (χ0) is 16.1. The summed E-state index contributed by atoms with van der Waals surface area (Å²) in [7, 11) is 0. The normalized spacial score (nSPS) is 19.1. The number of carbonyl (C=O) groups excluding carboxylic acids is 2. The van der Waals surface area contributed by atoms with Crippen molar-refractivity contribution in [1.82, 2.24) is 10.2 Å². The van der Waals surface area contributed by atoms with Crippen LogP contribution in [0.5, 0.6) is 0 Å². The van der Waals surface area contributed by atoms with Crippen LogP contribution in [0.4, 0.5) is 0 Å². The molecule has 2 heterocycles. The number of nitrogens with zero attached hydrogens (tertiary/aromatic N) is 1. The summed E-state index contributed by atoms with van der Waals surface area (Å²) in [6.45, 7) is 5.30. The second kappa shape index (κ2) is 9.22. The van der Waals surface area contributed by atoms with E-state index in [4.69, 9.17) is 10.5 Å². The van der Waals surface area contributed by atoms with Gasteiger partial charge in [-0.25, -0.2) is 0 Å². The van der Waals surface area contributed by atoms with Crippen molar-refractivity contribution in [3.05, 3.63) is 22.4 Å². The molecular formula is C15H24ClN3O3S. The topological polar surface area (TPSA) is 84.7 Å². The maximum Gasteiger partial charge on any atom is 0.242 e. The molecule has 0 aromatic carbocycles. The molecule has 2 amide bonds. The molecule has 0 radical (unpaired) electrons. The van der Waals surface area contributed by atoms with Gasteiger partial charge in [0.1, 0.15) is 6.10 Å². The van der Waals surface area contributed by atoms with E-state index in [9.17, 15) is 9.59 Å². The molecule has 1 saturated heterocycles. The summed E-state index contributed by atoms with van der Waals surface area (Å²) in [5.41, 5.74) is 6.85. The molecule has 8 heteroatoms. The fraction of sp³-hybridized carbons (Fsp3) is 0.600. The highest BCUT2D eigenvalue weighted by Crippen LogP contribution is 2.24. The number of carbonyl (C=O) groups is 2. The van der Waals surface area contributed by atoms with E-state index in [2.05, 4.69) is 5.32 Å². The first kappa shape index (κ1) is 19.9. The van der Waals surface area contributed by atoms with E-state index in [0.717, 1.165) is 5.56 Å². The van der Waals surface area contributed by atoms with Crippen LogP contribution in [0, 0.1) is 5.92 Å². The lowest BCUT2D eigenvalue weighted by molar-refractivity contribution is -0.139. The van der Waals surface area contributed by atoms with Crippen LogP contribution >= 0.6 is 23.7 Å². The van der Waals surface area contributed by atoms with Crippen LogP contribution in [-0.4, -0.2) is 49.0 Å². The van der Waals surface area contributed by atoms with Gasteiger partial charge in [0.25, 0.3) is 0 Å². The molecule has 1 aromatic rings. The number of morpholine rings is 1. The van der Waals surface area contributed by atoms with Crippen molar-refractivity contribution in [1.29, 1.82) is 0 Å². The summed E-state index contributed by atoms with van der Waals surface area (Å²) in [6.07, 6.45) is -0.0856. The second-order valence-corrected chi connectivity index (χ2v) is 6.52. The molecule has 0 saturated carbocycles. The van der Waals surface area contributed by atoms with E-state index < -0.39 is 6.04 Å². The number of amides is 2. The van der Waals surface area contributed by atoms with Crippen molar-refractivity contribution < 1.29 is 14.3 Å². The lowest BCUT2D eigenvalue weighted by Crippen LogP contribution is -2.50. The molecule has 1 aromatic heterocycles. The summed E-state index contributed by atoms with van der Waals surface area (Å²) in [6, 6.07) is 1.42. The molecule has 0 bridgehead atoms. The zero-order valence-corrected chi connectivity index (χ0v) is 15.0. The first-order valence-corrected chi connectivity index (χ1v) is 8.38. The quantitative estimate of drug-likeness (QED) is 0.824. The maximum absolute atomic E-state index is 12.2. The van der Waals surface area contributed by atoms with Crippen molar-refractivity contribution in [2.75, 3.05) is 26.2 Å². The number of rotatable bonds is 5. The Bertz CT molecular complexity index is 510. The third-order valence-electron chi connectivity index (χ3n) is 3.77. The number of ether oxygens (including phenoxy) is 1. The fourth-order valence-electron chi connectivity index (χ4n) is 2.23. The summed E-state index contributed by atoms with van der Waals surface area (Å²) < 4.78 is 5.70. The highest BCUT2D eigenvalue weighted by molar-refractivity contribution is 7.07. The molecule has 1 fully saturated rings. The lowest BCUT2D eigenvalue weighted by Gasteiger charge is -2.33. The molecule has 1 aliphatic rings. The molecule has 1 unspecified atom stereocenters. The highest BCUT2D eigenvalue weighted by atomic mass is 35.5. The predicted molar refractivity (Wildman–Crippen MR) is 92.7 cm³/mol. The number of hydrogen-bond donors (Lipinski definition) is 2. The number of halogens is 1. The Balaban J connectivity index is 0.00000264. The van der Waals surface area contributed by atoms with E-state index in [1.165, 1.54) is 0 Å². The van der Waals surface area contributed by atoms with Gasteiger partial charge in [0.05, 0.1) is 25.7 Å². The standard InChI is InChI=1S/C15H23N3O3S.ClH/c1-10(2)14(16)15(20)17-7-13(19)18-4-5-21-12(8-18)11-3-6-22-9-11;/h3,6,9-10,12,14H,4-5,7-8,16H2,1-2H3,(H,17,20);1H/t12?,14-;/m0./s1. The third-order valence-corrected chi connectivity index (χ3v) is 4.47. The van der Waals surface area contributed by atoms with Crippen molar-refractivity contribution >= 4 is 35.6 Å². The lowest BCUT2D eigenvalue weighted by atomic mass is 10.1. The van der Waals surface area contributed by atoms with E-state index in [0.29, 0.717) is 19.7 Å². The Hall–Kier alpha value is -1.15. The molecule has 2 rings (SSSR count).